The van der Waals surface area contributed by atoms with Crippen molar-refractivity contribution in [2.45, 2.75) is 39.2 Å². The van der Waals surface area contributed by atoms with Gasteiger partial charge in [0, 0.05) is 22.5 Å². The smallest absolute Gasteiger partial charge is 0.217 e. The van der Waals surface area contributed by atoms with Gasteiger partial charge in [0.1, 0.15) is 5.75 Å². The Morgan fingerprint density at radius 3 is 2.63 bits per heavy atom. The van der Waals surface area contributed by atoms with Crippen molar-refractivity contribution < 1.29 is 9.53 Å². The lowest BCUT2D eigenvalue weighted by atomic mass is 9.94. The molecule has 0 heterocycles. The van der Waals surface area contributed by atoms with Gasteiger partial charge in [-0.15, -0.1) is 0 Å². The summed E-state index contributed by atoms with van der Waals surface area (Å²) in [5.74, 6) is 0.536. The summed E-state index contributed by atoms with van der Waals surface area (Å²) in [6.45, 7) is 4.00. The normalized spacial score (nSPS) is 12.3. The third-order valence-corrected chi connectivity index (χ3v) is 4.05. The lowest BCUT2D eigenvalue weighted by Crippen LogP contribution is -2.16. The Labute approximate surface area is 122 Å². The predicted molar refractivity (Wildman–Crippen MR) is 80.1 cm³/mol. The van der Waals surface area contributed by atoms with Gasteiger partial charge in [-0.2, -0.15) is 0 Å². The molecule has 0 fully saturated rings. The Kier molecular flexibility index (Phi) is 5.82. The molecule has 4 nitrogen and oxygen atoms in total. The second-order valence-electron chi connectivity index (χ2n) is 4.71. The van der Waals surface area contributed by atoms with Crippen molar-refractivity contribution in [2.24, 2.45) is 11.5 Å². The van der Waals surface area contributed by atoms with E-state index >= 15 is 0 Å². The van der Waals surface area contributed by atoms with E-state index in [0.29, 0.717) is 19.3 Å². The van der Waals surface area contributed by atoms with Gasteiger partial charge in [-0.1, -0.05) is 15.9 Å². The first kappa shape index (κ1) is 16.0. The standard InChI is InChI=1S/C14H21BrN2O2/c1-8-7-10(15)9(2)13(14(8)19-3)11(16)5-4-6-12(17)18/h7,11H,4-6,16H2,1-3H3,(H2,17,18). The van der Waals surface area contributed by atoms with Crippen LogP contribution < -0.4 is 16.2 Å². The monoisotopic (exact) mass is 328 g/mol. The summed E-state index contributed by atoms with van der Waals surface area (Å²) in [4.78, 5) is 10.8. The van der Waals surface area contributed by atoms with Crippen LogP contribution in [0.3, 0.4) is 0 Å². The van der Waals surface area contributed by atoms with E-state index in [2.05, 4.69) is 15.9 Å². The minimum Gasteiger partial charge on any atom is -0.496 e. The molecular formula is C14H21BrN2O2. The second kappa shape index (κ2) is 6.91. The fourth-order valence-electron chi connectivity index (χ4n) is 2.23. The van der Waals surface area contributed by atoms with Crippen LogP contribution >= 0.6 is 15.9 Å². The number of methoxy groups -OCH3 is 1. The first-order valence-corrected chi connectivity index (χ1v) is 7.05. The lowest BCUT2D eigenvalue weighted by Gasteiger charge is -2.21. The number of benzene rings is 1. The zero-order valence-electron chi connectivity index (χ0n) is 11.6. The summed E-state index contributed by atoms with van der Waals surface area (Å²) in [5, 5.41) is 0. The summed E-state index contributed by atoms with van der Waals surface area (Å²) in [6.07, 6.45) is 1.75. The van der Waals surface area contributed by atoms with Crippen molar-refractivity contribution in [3.05, 3.63) is 27.2 Å². The highest BCUT2D eigenvalue weighted by Crippen LogP contribution is 2.36. The van der Waals surface area contributed by atoms with Gasteiger partial charge in [-0.05, 0) is 43.9 Å². The van der Waals surface area contributed by atoms with E-state index in [-0.39, 0.29) is 11.9 Å². The van der Waals surface area contributed by atoms with Crippen molar-refractivity contribution in [1.82, 2.24) is 0 Å². The number of rotatable bonds is 6. The Morgan fingerprint density at radius 1 is 1.47 bits per heavy atom. The van der Waals surface area contributed by atoms with Gasteiger partial charge >= 0.3 is 0 Å². The van der Waals surface area contributed by atoms with Crippen LogP contribution in [0.5, 0.6) is 5.75 Å². The Hall–Kier alpha value is -1.07. The van der Waals surface area contributed by atoms with E-state index in [1.54, 1.807) is 7.11 Å². The van der Waals surface area contributed by atoms with Crippen LogP contribution in [0.15, 0.2) is 10.5 Å². The van der Waals surface area contributed by atoms with Crippen molar-refractivity contribution >= 4 is 21.8 Å². The van der Waals surface area contributed by atoms with E-state index in [4.69, 9.17) is 16.2 Å². The van der Waals surface area contributed by atoms with Gasteiger partial charge in [-0.3, -0.25) is 4.79 Å². The molecule has 1 atom stereocenters. The molecule has 4 N–H and O–H groups in total. The number of hydrogen-bond acceptors (Lipinski definition) is 3. The third kappa shape index (κ3) is 3.94. The van der Waals surface area contributed by atoms with E-state index in [1.807, 2.05) is 19.9 Å². The molecule has 0 saturated heterocycles. The fraction of sp³-hybridized carbons (Fsp3) is 0.500. The molecule has 0 aromatic heterocycles. The molecule has 1 aromatic rings. The molecule has 106 valence electrons. The van der Waals surface area contributed by atoms with Crippen LogP contribution in [0.25, 0.3) is 0 Å². The van der Waals surface area contributed by atoms with Gasteiger partial charge in [0.15, 0.2) is 0 Å². The molecule has 0 aliphatic rings. The van der Waals surface area contributed by atoms with Crippen molar-refractivity contribution in [3.63, 3.8) is 0 Å². The van der Waals surface area contributed by atoms with Crippen LogP contribution in [0, 0.1) is 13.8 Å². The quantitative estimate of drug-likeness (QED) is 0.842. The van der Waals surface area contributed by atoms with Gasteiger partial charge in [0.05, 0.1) is 7.11 Å². The molecular weight excluding hydrogens is 308 g/mol. The Balaban J connectivity index is 3.00. The summed E-state index contributed by atoms with van der Waals surface area (Å²) in [6, 6.07) is 1.86. The minimum atomic E-state index is -0.290. The number of halogens is 1. The number of ether oxygens (including phenoxy) is 1. The molecule has 0 saturated carbocycles. The van der Waals surface area contributed by atoms with Crippen LogP contribution in [0.4, 0.5) is 0 Å². The zero-order chi connectivity index (χ0) is 14.6. The maximum atomic E-state index is 10.8. The number of primary amides is 1. The maximum absolute atomic E-state index is 10.8. The average Bonchev–Trinajstić information content (AvgIpc) is 2.32. The fourth-order valence-corrected chi connectivity index (χ4v) is 2.79. The summed E-state index contributed by atoms with van der Waals surface area (Å²) < 4.78 is 6.49. The molecule has 0 aliphatic carbocycles. The lowest BCUT2D eigenvalue weighted by molar-refractivity contribution is -0.118. The highest BCUT2D eigenvalue weighted by atomic mass is 79.9. The van der Waals surface area contributed by atoms with E-state index in [0.717, 1.165) is 26.9 Å². The molecule has 0 bridgehead atoms. The topological polar surface area (TPSA) is 78.3 Å². The highest BCUT2D eigenvalue weighted by molar-refractivity contribution is 9.10. The average molecular weight is 329 g/mol. The number of carbonyl (C=O) groups excluding carboxylic acids is 1. The summed E-state index contributed by atoms with van der Waals surface area (Å²) >= 11 is 3.53. The molecule has 1 unspecified atom stereocenters. The van der Waals surface area contributed by atoms with Crippen LogP contribution in [0.2, 0.25) is 0 Å². The van der Waals surface area contributed by atoms with Crippen LogP contribution in [-0.2, 0) is 4.79 Å². The van der Waals surface area contributed by atoms with Crippen LogP contribution in [0.1, 0.15) is 42.0 Å². The van der Waals surface area contributed by atoms with Crippen LogP contribution in [-0.4, -0.2) is 13.0 Å². The number of amides is 1. The molecule has 1 amide bonds. The van der Waals surface area contributed by atoms with E-state index in [9.17, 15) is 4.79 Å². The minimum absolute atomic E-state index is 0.162. The van der Waals surface area contributed by atoms with Gasteiger partial charge in [-0.25, -0.2) is 0 Å². The number of hydrogen-bond donors (Lipinski definition) is 2. The first-order chi connectivity index (χ1) is 8.88. The number of nitrogens with two attached hydrogens (primary N) is 2. The Bertz CT molecular complexity index is 475. The predicted octanol–water partition coefficient (Wildman–Crippen LogP) is 2.73. The molecule has 19 heavy (non-hydrogen) atoms. The molecule has 0 aliphatic heterocycles. The second-order valence-corrected chi connectivity index (χ2v) is 5.57. The van der Waals surface area contributed by atoms with Gasteiger partial charge in [0.25, 0.3) is 0 Å². The van der Waals surface area contributed by atoms with Gasteiger partial charge < -0.3 is 16.2 Å². The molecule has 0 radical (unpaired) electrons. The van der Waals surface area contributed by atoms with Crippen molar-refractivity contribution in [3.8, 4) is 5.75 Å². The maximum Gasteiger partial charge on any atom is 0.217 e. The first-order valence-electron chi connectivity index (χ1n) is 6.26. The molecule has 1 rings (SSSR count). The summed E-state index contributed by atoms with van der Waals surface area (Å²) in [5.41, 5.74) is 14.5. The molecule has 5 heteroatoms. The highest BCUT2D eigenvalue weighted by Gasteiger charge is 2.19. The van der Waals surface area contributed by atoms with E-state index in [1.165, 1.54) is 0 Å². The third-order valence-electron chi connectivity index (χ3n) is 3.22. The Morgan fingerprint density at radius 2 is 2.11 bits per heavy atom. The largest absolute Gasteiger partial charge is 0.496 e. The van der Waals surface area contributed by atoms with Gasteiger partial charge in [0.2, 0.25) is 5.91 Å². The van der Waals surface area contributed by atoms with E-state index < -0.39 is 0 Å². The van der Waals surface area contributed by atoms with Crippen molar-refractivity contribution in [1.29, 1.82) is 0 Å². The SMILES string of the molecule is COc1c(C)cc(Br)c(C)c1C(N)CCCC(N)=O. The molecule has 1 aromatic carbocycles. The molecule has 0 spiro atoms. The zero-order valence-corrected chi connectivity index (χ0v) is 13.2. The number of carbonyl (C=O) groups is 1. The summed E-state index contributed by atoms with van der Waals surface area (Å²) in [7, 11) is 1.65. The van der Waals surface area contributed by atoms with Crippen molar-refractivity contribution in [2.75, 3.05) is 7.11 Å². The number of aryl methyl sites for hydroxylation is 1.